The fourth-order valence-corrected chi connectivity index (χ4v) is 2.18. The molecule has 0 saturated heterocycles. The van der Waals surface area contributed by atoms with Gasteiger partial charge in [-0.1, -0.05) is 26.0 Å². The van der Waals surface area contributed by atoms with E-state index in [1.54, 1.807) is 19.1 Å². The minimum atomic E-state index is -0.475. The Morgan fingerprint density at radius 3 is 2.60 bits per heavy atom. The number of nitrogens with zero attached hydrogens (tertiary/aromatic N) is 2. The van der Waals surface area contributed by atoms with Gasteiger partial charge in [0.1, 0.15) is 5.82 Å². The third-order valence-electron chi connectivity index (χ3n) is 3.05. The fourth-order valence-electron chi connectivity index (χ4n) is 2.18. The van der Waals surface area contributed by atoms with Gasteiger partial charge in [-0.05, 0) is 12.8 Å². The van der Waals surface area contributed by atoms with Gasteiger partial charge in [0.05, 0.1) is 4.92 Å². The third-order valence-corrected chi connectivity index (χ3v) is 3.05. The van der Waals surface area contributed by atoms with Crippen LogP contribution in [0, 0.1) is 17.0 Å². The summed E-state index contributed by atoms with van der Waals surface area (Å²) in [6.07, 6.45) is 0. The van der Waals surface area contributed by atoms with Crippen molar-refractivity contribution in [2.45, 2.75) is 26.7 Å². The minimum absolute atomic E-state index is 0.0317. The summed E-state index contributed by atoms with van der Waals surface area (Å²) in [5.41, 5.74) is 1.57. The van der Waals surface area contributed by atoms with Crippen molar-refractivity contribution in [1.29, 1.82) is 0 Å². The highest BCUT2D eigenvalue weighted by molar-refractivity contribution is 5.59. The van der Waals surface area contributed by atoms with E-state index < -0.39 is 4.92 Å². The molecule has 2 aromatic rings. The molecule has 1 N–H and O–H groups in total. The largest absolute Gasteiger partial charge is 0.306 e. The summed E-state index contributed by atoms with van der Waals surface area (Å²) >= 11 is 0. The number of aromatic nitrogens is 2. The Labute approximate surface area is 115 Å². The molecular formula is C14H15N3O3. The first kappa shape index (κ1) is 13.9. The van der Waals surface area contributed by atoms with Crippen LogP contribution < -0.4 is 5.56 Å². The summed E-state index contributed by atoms with van der Waals surface area (Å²) in [6, 6.07) is 6.04. The number of hydrogen-bond acceptors (Lipinski definition) is 4. The maximum atomic E-state index is 12.1. The second-order valence-electron chi connectivity index (χ2n) is 4.88. The zero-order chi connectivity index (χ0) is 14.9. The summed E-state index contributed by atoms with van der Waals surface area (Å²) in [5, 5.41) is 10.8. The lowest BCUT2D eigenvalue weighted by Crippen LogP contribution is -2.18. The maximum Gasteiger partial charge on any atom is 0.270 e. The van der Waals surface area contributed by atoms with Crippen LogP contribution in [0.4, 0.5) is 5.69 Å². The van der Waals surface area contributed by atoms with E-state index in [0.717, 1.165) is 0 Å². The van der Waals surface area contributed by atoms with Crippen LogP contribution in [0.1, 0.15) is 31.0 Å². The van der Waals surface area contributed by atoms with Gasteiger partial charge in [-0.25, -0.2) is 4.98 Å². The Bertz CT molecular complexity index is 720. The van der Waals surface area contributed by atoms with Crippen LogP contribution in [-0.4, -0.2) is 14.9 Å². The average molecular weight is 273 g/mol. The molecule has 0 saturated carbocycles. The number of H-pyrrole nitrogens is 1. The van der Waals surface area contributed by atoms with Crippen molar-refractivity contribution in [3.63, 3.8) is 0 Å². The van der Waals surface area contributed by atoms with Gasteiger partial charge in [0.15, 0.2) is 0 Å². The number of nitro groups is 1. The van der Waals surface area contributed by atoms with Crippen LogP contribution in [0.5, 0.6) is 0 Å². The first-order valence-corrected chi connectivity index (χ1v) is 6.25. The lowest BCUT2D eigenvalue weighted by molar-refractivity contribution is -0.384. The standard InChI is InChI=1S/C14H15N3O3/c1-8(2)12-9(3)15-13(16-14(12)18)10-5-4-6-11(7-10)17(19)20/h4-8H,1-3H3,(H,15,16,18). The van der Waals surface area contributed by atoms with Crippen molar-refractivity contribution >= 4 is 5.69 Å². The first-order valence-electron chi connectivity index (χ1n) is 6.25. The van der Waals surface area contributed by atoms with Gasteiger partial charge in [-0.15, -0.1) is 0 Å². The Balaban J connectivity index is 2.57. The van der Waals surface area contributed by atoms with Gasteiger partial charge >= 0.3 is 0 Å². The molecule has 6 nitrogen and oxygen atoms in total. The number of non-ortho nitro benzene ring substituents is 1. The van der Waals surface area contributed by atoms with Crippen molar-refractivity contribution in [3.8, 4) is 11.4 Å². The van der Waals surface area contributed by atoms with E-state index in [4.69, 9.17) is 0 Å². The van der Waals surface area contributed by atoms with Crippen LogP contribution in [0.2, 0.25) is 0 Å². The van der Waals surface area contributed by atoms with Crippen LogP contribution in [0.15, 0.2) is 29.1 Å². The maximum absolute atomic E-state index is 12.1. The zero-order valence-corrected chi connectivity index (χ0v) is 11.5. The van der Waals surface area contributed by atoms with Crippen molar-refractivity contribution < 1.29 is 4.92 Å². The number of benzene rings is 1. The molecule has 0 radical (unpaired) electrons. The molecule has 0 atom stereocenters. The molecule has 0 amide bonds. The lowest BCUT2D eigenvalue weighted by Gasteiger charge is -2.09. The number of nitrogens with one attached hydrogen (secondary N) is 1. The topological polar surface area (TPSA) is 88.9 Å². The van der Waals surface area contributed by atoms with Crippen LogP contribution >= 0.6 is 0 Å². The molecule has 6 heteroatoms. The second kappa shape index (κ2) is 5.24. The molecular weight excluding hydrogens is 258 g/mol. The molecule has 0 aliphatic heterocycles. The van der Waals surface area contributed by atoms with Gasteiger partial charge in [0.2, 0.25) is 0 Å². The van der Waals surface area contributed by atoms with E-state index in [-0.39, 0.29) is 17.2 Å². The van der Waals surface area contributed by atoms with Crippen molar-refractivity contribution in [1.82, 2.24) is 9.97 Å². The fraction of sp³-hybridized carbons (Fsp3) is 0.286. The SMILES string of the molecule is Cc1nc(-c2cccc([N+](=O)[O-])c2)[nH]c(=O)c1C(C)C. The van der Waals surface area contributed by atoms with E-state index in [2.05, 4.69) is 9.97 Å². The molecule has 0 fully saturated rings. The third kappa shape index (κ3) is 2.59. The predicted octanol–water partition coefficient (Wildman–Crippen LogP) is 2.78. The molecule has 0 unspecified atom stereocenters. The monoisotopic (exact) mass is 273 g/mol. The summed E-state index contributed by atoms with van der Waals surface area (Å²) in [7, 11) is 0. The molecule has 1 heterocycles. The molecule has 0 aliphatic carbocycles. The highest BCUT2D eigenvalue weighted by Crippen LogP contribution is 2.21. The lowest BCUT2D eigenvalue weighted by atomic mass is 10.0. The molecule has 1 aromatic heterocycles. The average Bonchev–Trinajstić information content (AvgIpc) is 2.37. The number of rotatable bonds is 3. The molecule has 0 bridgehead atoms. The van der Waals surface area contributed by atoms with Gasteiger partial charge in [-0.2, -0.15) is 0 Å². The van der Waals surface area contributed by atoms with Gasteiger partial charge in [0.25, 0.3) is 11.2 Å². The molecule has 1 aromatic carbocycles. The van der Waals surface area contributed by atoms with Crippen molar-refractivity contribution in [2.24, 2.45) is 0 Å². The normalized spacial score (nSPS) is 10.8. The summed E-state index contributed by atoms with van der Waals surface area (Å²) < 4.78 is 0. The van der Waals surface area contributed by atoms with Crippen molar-refractivity contribution in [2.75, 3.05) is 0 Å². The highest BCUT2D eigenvalue weighted by atomic mass is 16.6. The van der Waals surface area contributed by atoms with Crippen LogP contribution in [0.25, 0.3) is 11.4 Å². The van der Waals surface area contributed by atoms with Gasteiger partial charge in [-0.3, -0.25) is 14.9 Å². The number of aryl methyl sites for hydroxylation is 1. The predicted molar refractivity (Wildman–Crippen MR) is 75.8 cm³/mol. The first-order chi connectivity index (χ1) is 9.40. The minimum Gasteiger partial charge on any atom is -0.306 e. The van der Waals surface area contributed by atoms with E-state index in [1.807, 2.05) is 13.8 Å². The summed E-state index contributed by atoms with van der Waals surface area (Å²) in [5.74, 6) is 0.422. The van der Waals surface area contributed by atoms with E-state index in [1.165, 1.54) is 12.1 Å². The quantitative estimate of drug-likeness (QED) is 0.687. The number of nitro benzene ring substituents is 1. The summed E-state index contributed by atoms with van der Waals surface area (Å²) in [6.45, 7) is 5.62. The molecule has 104 valence electrons. The van der Waals surface area contributed by atoms with Crippen LogP contribution in [0.3, 0.4) is 0 Å². The van der Waals surface area contributed by atoms with E-state index >= 15 is 0 Å². The van der Waals surface area contributed by atoms with Crippen molar-refractivity contribution in [3.05, 3.63) is 56.0 Å². The Hall–Kier alpha value is -2.50. The molecule has 0 spiro atoms. The Morgan fingerprint density at radius 2 is 2.05 bits per heavy atom. The second-order valence-corrected chi connectivity index (χ2v) is 4.88. The summed E-state index contributed by atoms with van der Waals surface area (Å²) in [4.78, 5) is 29.4. The number of hydrogen-bond donors (Lipinski definition) is 1. The number of aromatic amines is 1. The van der Waals surface area contributed by atoms with Gasteiger partial charge in [0, 0.05) is 29.0 Å². The molecule has 20 heavy (non-hydrogen) atoms. The molecule has 2 rings (SSSR count). The van der Waals surface area contributed by atoms with E-state index in [9.17, 15) is 14.9 Å². The van der Waals surface area contributed by atoms with E-state index in [0.29, 0.717) is 22.6 Å². The zero-order valence-electron chi connectivity index (χ0n) is 11.5. The molecule has 0 aliphatic rings. The smallest absolute Gasteiger partial charge is 0.270 e. The van der Waals surface area contributed by atoms with Gasteiger partial charge < -0.3 is 4.98 Å². The van der Waals surface area contributed by atoms with Crippen LogP contribution in [-0.2, 0) is 0 Å². The highest BCUT2D eigenvalue weighted by Gasteiger charge is 2.14. The Kier molecular flexibility index (Phi) is 3.65. The Morgan fingerprint density at radius 1 is 1.35 bits per heavy atom.